The molecule has 29 heavy (non-hydrogen) atoms. The van der Waals surface area contributed by atoms with E-state index in [0.29, 0.717) is 31.8 Å². The average Bonchev–Trinajstić information content (AvgIpc) is 2.73. The number of oxime groups is 1. The molecule has 0 unspecified atom stereocenters. The van der Waals surface area contributed by atoms with Crippen molar-refractivity contribution in [2.24, 2.45) is 5.16 Å². The number of benzene rings is 2. The van der Waals surface area contributed by atoms with Crippen LogP contribution in [0.3, 0.4) is 0 Å². The Labute approximate surface area is 183 Å². The Morgan fingerprint density at radius 1 is 1.24 bits per heavy atom. The maximum absolute atomic E-state index is 14.5. The van der Waals surface area contributed by atoms with Crippen LogP contribution in [0.1, 0.15) is 36.5 Å². The van der Waals surface area contributed by atoms with Crippen LogP contribution in [0, 0.1) is 5.82 Å². The van der Waals surface area contributed by atoms with Gasteiger partial charge in [0.25, 0.3) is 0 Å². The molecule has 0 spiro atoms. The Balaban J connectivity index is 1.92. The summed E-state index contributed by atoms with van der Waals surface area (Å²) in [6.45, 7) is 2.99. The third-order valence-corrected chi connectivity index (χ3v) is 6.66. The highest BCUT2D eigenvalue weighted by atomic mass is 79.9. The fraction of sp³-hybridized carbons (Fsp3) is 0.409. The summed E-state index contributed by atoms with van der Waals surface area (Å²) in [5, 5.41) is 13.3. The monoisotopic (exact) mass is 481 g/mol. The molecule has 1 N–H and O–H groups in total. The number of alkyl halides is 1. The standard InChI is InChI=1S/C22H25BrFNO3S/c1-15(25-26)21-4-3-19(11-16(21)5-8-23)29-20-13-17(12-18(24)14-20)22(27-2)6-9-28-10-7-22/h3-4,11-14,26H,5-10H2,1-2H3/b25-15+. The second kappa shape index (κ2) is 10.1. The summed E-state index contributed by atoms with van der Waals surface area (Å²) >= 11 is 4.99. The van der Waals surface area contributed by atoms with Gasteiger partial charge in [0.1, 0.15) is 5.82 Å². The number of aryl methyl sites for hydroxylation is 1. The molecular formula is C22H25BrFNO3S. The number of hydrogen-bond acceptors (Lipinski definition) is 5. The molecule has 4 nitrogen and oxygen atoms in total. The zero-order valence-corrected chi connectivity index (χ0v) is 19.0. The zero-order chi connectivity index (χ0) is 20.9. The SMILES string of the molecule is COC1(c2cc(F)cc(Sc3ccc(/C(C)=N/O)c(CCBr)c3)c2)CCOCC1. The molecule has 1 heterocycles. The lowest BCUT2D eigenvalue weighted by molar-refractivity contribution is -0.0950. The van der Waals surface area contributed by atoms with Gasteiger partial charge in [-0.2, -0.15) is 0 Å². The summed E-state index contributed by atoms with van der Waals surface area (Å²) in [5.41, 5.74) is 2.92. The molecule has 156 valence electrons. The minimum Gasteiger partial charge on any atom is -0.411 e. The van der Waals surface area contributed by atoms with Gasteiger partial charge in [0, 0.05) is 53.8 Å². The van der Waals surface area contributed by atoms with E-state index in [-0.39, 0.29) is 5.82 Å². The third kappa shape index (κ3) is 5.20. The molecule has 1 aliphatic heterocycles. The quantitative estimate of drug-likeness (QED) is 0.236. The lowest BCUT2D eigenvalue weighted by Crippen LogP contribution is -2.35. The van der Waals surface area contributed by atoms with Crippen LogP contribution in [0.15, 0.2) is 51.3 Å². The average molecular weight is 482 g/mol. The molecule has 0 bridgehead atoms. The van der Waals surface area contributed by atoms with Crippen LogP contribution >= 0.6 is 27.7 Å². The molecule has 1 aliphatic rings. The molecule has 2 aromatic carbocycles. The molecule has 0 saturated carbocycles. The van der Waals surface area contributed by atoms with E-state index in [4.69, 9.17) is 14.7 Å². The molecule has 0 aliphatic carbocycles. The Hall–Kier alpha value is -1.41. The van der Waals surface area contributed by atoms with Crippen LogP contribution in [0.25, 0.3) is 0 Å². The number of rotatable bonds is 7. The first kappa shape index (κ1) is 22.3. The van der Waals surface area contributed by atoms with Crippen molar-refractivity contribution in [3.63, 3.8) is 0 Å². The van der Waals surface area contributed by atoms with Crippen molar-refractivity contribution in [3.8, 4) is 0 Å². The highest BCUT2D eigenvalue weighted by Crippen LogP contribution is 2.39. The van der Waals surface area contributed by atoms with Gasteiger partial charge in [-0.1, -0.05) is 38.9 Å². The first-order valence-electron chi connectivity index (χ1n) is 9.51. The predicted molar refractivity (Wildman–Crippen MR) is 117 cm³/mol. The number of halogens is 2. The summed E-state index contributed by atoms with van der Waals surface area (Å²) < 4.78 is 25.8. The molecule has 1 saturated heterocycles. The largest absolute Gasteiger partial charge is 0.411 e. The maximum atomic E-state index is 14.5. The first-order valence-corrected chi connectivity index (χ1v) is 11.4. The Kier molecular flexibility index (Phi) is 7.73. The van der Waals surface area contributed by atoms with Crippen LogP contribution in [0.2, 0.25) is 0 Å². The van der Waals surface area contributed by atoms with E-state index in [9.17, 15) is 4.39 Å². The Morgan fingerprint density at radius 2 is 2.00 bits per heavy atom. The lowest BCUT2D eigenvalue weighted by Gasteiger charge is -2.36. The van der Waals surface area contributed by atoms with Gasteiger partial charge in [0.2, 0.25) is 0 Å². The fourth-order valence-corrected chi connectivity index (χ4v) is 5.08. The van der Waals surface area contributed by atoms with Gasteiger partial charge in [-0.3, -0.25) is 0 Å². The van der Waals surface area contributed by atoms with Crippen molar-refractivity contribution in [3.05, 3.63) is 58.9 Å². The second-order valence-corrected chi connectivity index (χ2v) is 8.97. The zero-order valence-electron chi connectivity index (χ0n) is 16.6. The maximum Gasteiger partial charge on any atom is 0.124 e. The van der Waals surface area contributed by atoms with Crippen molar-refractivity contribution in [2.75, 3.05) is 25.7 Å². The number of nitrogens with zero attached hydrogens (tertiary/aromatic N) is 1. The van der Waals surface area contributed by atoms with E-state index in [1.54, 1.807) is 26.2 Å². The van der Waals surface area contributed by atoms with Crippen LogP contribution in [0.5, 0.6) is 0 Å². The predicted octanol–water partition coefficient (Wildman–Crippen LogP) is 5.76. The molecule has 0 atom stereocenters. The van der Waals surface area contributed by atoms with Crippen LogP contribution in [-0.4, -0.2) is 36.6 Å². The number of ether oxygens (including phenoxy) is 2. The van der Waals surface area contributed by atoms with E-state index in [2.05, 4.69) is 27.2 Å². The Bertz CT molecular complexity index is 884. The molecule has 7 heteroatoms. The van der Waals surface area contributed by atoms with Crippen molar-refractivity contribution in [2.45, 2.75) is 41.6 Å². The first-order chi connectivity index (χ1) is 14.0. The minimum absolute atomic E-state index is 0.270. The molecule has 2 aromatic rings. The minimum atomic E-state index is -0.505. The summed E-state index contributed by atoms with van der Waals surface area (Å²) in [4.78, 5) is 1.83. The summed E-state index contributed by atoms with van der Waals surface area (Å²) in [6.07, 6.45) is 2.22. The van der Waals surface area contributed by atoms with Crippen molar-refractivity contribution in [1.29, 1.82) is 0 Å². The van der Waals surface area contributed by atoms with E-state index >= 15 is 0 Å². The van der Waals surface area contributed by atoms with Crippen molar-refractivity contribution >= 4 is 33.4 Å². The van der Waals surface area contributed by atoms with Gasteiger partial charge >= 0.3 is 0 Å². The molecular weight excluding hydrogens is 457 g/mol. The van der Waals surface area contributed by atoms with Gasteiger partial charge in [-0.15, -0.1) is 0 Å². The smallest absolute Gasteiger partial charge is 0.124 e. The van der Waals surface area contributed by atoms with Crippen LogP contribution in [0.4, 0.5) is 4.39 Å². The Morgan fingerprint density at radius 3 is 2.66 bits per heavy atom. The van der Waals surface area contributed by atoms with Gasteiger partial charge in [-0.25, -0.2) is 4.39 Å². The summed E-state index contributed by atoms with van der Waals surface area (Å²) in [7, 11) is 1.68. The highest BCUT2D eigenvalue weighted by Gasteiger charge is 2.35. The van der Waals surface area contributed by atoms with E-state index in [1.165, 1.54) is 11.8 Å². The molecule has 0 radical (unpaired) electrons. The lowest BCUT2D eigenvalue weighted by atomic mass is 9.86. The van der Waals surface area contributed by atoms with Crippen LogP contribution in [-0.2, 0) is 21.5 Å². The molecule has 1 fully saturated rings. The molecule has 0 aromatic heterocycles. The van der Waals surface area contributed by atoms with Gasteiger partial charge in [-0.05, 0) is 54.8 Å². The topological polar surface area (TPSA) is 51.0 Å². The second-order valence-electron chi connectivity index (χ2n) is 7.03. The fourth-order valence-electron chi connectivity index (χ4n) is 3.68. The van der Waals surface area contributed by atoms with E-state index in [1.807, 2.05) is 18.2 Å². The number of methoxy groups -OCH3 is 1. The molecule has 0 amide bonds. The highest BCUT2D eigenvalue weighted by molar-refractivity contribution is 9.09. The third-order valence-electron chi connectivity index (χ3n) is 5.30. The van der Waals surface area contributed by atoms with Gasteiger partial charge in [0.15, 0.2) is 0 Å². The number of hydrogen-bond donors (Lipinski definition) is 1. The van der Waals surface area contributed by atoms with Crippen molar-refractivity contribution < 1.29 is 19.1 Å². The van der Waals surface area contributed by atoms with Crippen molar-refractivity contribution in [1.82, 2.24) is 0 Å². The van der Waals surface area contributed by atoms with Crippen LogP contribution < -0.4 is 0 Å². The van der Waals surface area contributed by atoms with Gasteiger partial charge in [0.05, 0.1) is 11.3 Å². The van der Waals surface area contributed by atoms with E-state index < -0.39 is 5.60 Å². The van der Waals surface area contributed by atoms with Gasteiger partial charge < -0.3 is 14.7 Å². The normalized spacial score (nSPS) is 16.8. The summed E-state index contributed by atoms with van der Waals surface area (Å²) in [5.74, 6) is -0.270. The summed E-state index contributed by atoms with van der Waals surface area (Å²) in [6, 6.07) is 11.1. The molecule has 3 rings (SSSR count). The van der Waals surface area contributed by atoms with E-state index in [0.717, 1.165) is 38.2 Å².